The predicted molar refractivity (Wildman–Crippen MR) is 130 cm³/mol. The van der Waals surface area contributed by atoms with Gasteiger partial charge in [0.1, 0.15) is 34.4 Å². The van der Waals surface area contributed by atoms with Crippen LogP contribution in [0.5, 0.6) is 5.88 Å². The minimum absolute atomic E-state index is 0.126. The first-order valence-electron chi connectivity index (χ1n) is 10.9. The molecule has 0 bridgehead atoms. The number of aromatic nitrogens is 6. The molecule has 37 heavy (non-hydrogen) atoms. The molecule has 0 aliphatic heterocycles. The molecule has 4 aromatic rings. The van der Waals surface area contributed by atoms with Gasteiger partial charge in [-0.25, -0.2) is 32.2 Å². The van der Waals surface area contributed by atoms with Gasteiger partial charge in [-0.15, -0.1) is 10.2 Å². The van der Waals surface area contributed by atoms with E-state index >= 15 is 0 Å². The van der Waals surface area contributed by atoms with Crippen molar-refractivity contribution >= 4 is 16.0 Å². The highest BCUT2D eigenvalue weighted by atomic mass is 32.2. The third-order valence-corrected chi connectivity index (χ3v) is 7.14. The second-order valence-electron chi connectivity index (χ2n) is 7.95. The Labute approximate surface area is 211 Å². The second-order valence-corrected chi connectivity index (χ2v) is 9.98. The van der Waals surface area contributed by atoms with Crippen LogP contribution < -0.4 is 9.46 Å². The second kappa shape index (κ2) is 10.5. The molecule has 1 N–H and O–H groups in total. The van der Waals surface area contributed by atoms with Crippen molar-refractivity contribution in [2.24, 2.45) is 0 Å². The van der Waals surface area contributed by atoms with Crippen LogP contribution in [0.4, 0.5) is 14.7 Å². The van der Waals surface area contributed by atoms with E-state index in [0.717, 1.165) is 22.3 Å². The summed E-state index contributed by atoms with van der Waals surface area (Å²) < 4.78 is 70.3. The number of halogens is 2. The molecule has 4 rings (SSSR count). The van der Waals surface area contributed by atoms with Crippen LogP contribution in [0.25, 0.3) is 17.2 Å². The first-order chi connectivity index (χ1) is 17.7. The van der Waals surface area contributed by atoms with Gasteiger partial charge in [0.15, 0.2) is 11.6 Å². The zero-order chi connectivity index (χ0) is 26.7. The van der Waals surface area contributed by atoms with Crippen molar-refractivity contribution in [3.05, 3.63) is 71.8 Å². The maximum Gasteiger partial charge on any atom is 0.243 e. The van der Waals surface area contributed by atoms with Crippen molar-refractivity contribution in [2.45, 2.75) is 25.2 Å². The van der Waals surface area contributed by atoms with Gasteiger partial charge in [-0.05, 0) is 37.6 Å². The number of hydrogen-bond acceptors (Lipinski definition) is 9. The molecule has 1 aromatic carbocycles. The fourth-order valence-electron chi connectivity index (χ4n) is 3.52. The molecule has 0 aliphatic carbocycles. The third kappa shape index (κ3) is 5.24. The summed E-state index contributed by atoms with van der Waals surface area (Å²) in [6, 6.07) is 7.90. The van der Waals surface area contributed by atoms with E-state index < -0.39 is 44.6 Å². The van der Waals surface area contributed by atoms with Crippen LogP contribution in [0.2, 0.25) is 0 Å². The Kier molecular flexibility index (Phi) is 7.40. The SMILES string of the molecule is COc1cccc(-c2nnc(NS(=O)(=O)C(C)[C@@H](OC)c3ncc(C)cn3)n2-c2c(F)cccc2F)n1. The number of anilines is 1. The van der Waals surface area contributed by atoms with E-state index in [0.29, 0.717) is 0 Å². The maximum absolute atomic E-state index is 14.9. The largest absolute Gasteiger partial charge is 0.481 e. The standard InChI is InChI=1S/C23H23F2N7O4S/c1-13-11-26-21(27-12-13)20(36-4)14(2)37(33,34)31-23-30-29-22(17-9-6-10-18(28-17)35-3)32(23)19-15(24)7-5-8-16(19)25/h5-12,14,20H,1-4H3,(H,30,31)/t14?,20-/m1/s1. The molecule has 0 fully saturated rings. The van der Waals surface area contributed by atoms with Crippen molar-refractivity contribution in [2.75, 3.05) is 18.9 Å². The molecule has 3 aromatic heterocycles. The Balaban J connectivity index is 1.81. The first kappa shape index (κ1) is 26.0. The minimum atomic E-state index is -4.29. The Morgan fingerprint density at radius 2 is 1.65 bits per heavy atom. The predicted octanol–water partition coefficient (Wildman–Crippen LogP) is 3.23. The molecule has 11 nitrogen and oxygen atoms in total. The zero-order valence-corrected chi connectivity index (χ0v) is 21.1. The van der Waals surface area contributed by atoms with E-state index in [4.69, 9.17) is 9.47 Å². The van der Waals surface area contributed by atoms with Gasteiger partial charge in [0.05, 0.1) is 7.11 Å². The summed E-state index contributed by atoms with van der Waals surface area (Å²) in [4.78, 5) is 12.6. The number of rotatable bonds is 9. The quantitative estimate of drug-likeness (QED) is 0.345. The van der Waals surface area contributed by atoms with Gasteiger partial charge in [-0.1, -0.05) is 12.1 Å². The number of nitrogens with zero attached hydrogens (tertiary/aromatic N) is 6. The third-order valence-electron chi connectivity index (χ3n) is 5.44. The van der Waals surface area contributed by atoms with E-state index in [2.05, 4.69) is 29.9 Å². The number of ether oxygens (including phenoxy) is 2. The normalized spacial score (nSPS) is 13.2. The highest BCUT2D eigenvalue weighted by Crippen LogP contribution is 2.30. The average Bonchev–Trinajstić information content (AvgIpc) is 3.27. The molecule has 0 saturated carbocycles. The Hall–Kier alpha value is -4.04. The average molecular weight is 532 g/mol. The van der Waals surface area contributed by atoms with Gasteiger partial charge in [0.2, 0.25) is 21.9 Å². The summed E-state index contributed by atoms with van der Waals surface area (Å²) in [5.41, 5.74) is 0.324. The van der Waals surface area contributed by atoms with Crippen LogP contribution in [-0.4, -0.2) is 57.6 Å². The van der Waals surface area contributed by atoms with E-state index in [-0.39, 0.29) is 23.2 Å². The highest BCUT2D eigenvalue weighted by Gasteiger charge is 2.35. The number of sulfonamides is 1. The highest BCUT2D eigenvalue weighted by molar-refractivity contribution is 7.93. The lowest BCUT2D eigenvalue weighted by Gasteiger charge is -2.22. The summed E-state index contributed by atoms with van der Waals surface area (Å²) in [5, 5.41) is 6.61. The van der Waals surface area contributed by atoms with Crippen LogP contribution in [-0.2, 0) is 14.8 Å². The molecule has 1 unspecified atom stereocenters. The van der Waals surface area contributed by atoms with E-state index in [1.165, 1.54) is 45.7 Å². The molecule has 0 saturated heterocycles. The lowest BCUT2D eigenvalue weighted by atomic mass is 10.2. The van der Waals surface area contributed by atoms with Gasteiger partial charge in [0.25, 0.3) is 0 Å². The summed E-state index contributed by atoms with van der Waals surface area (Å²) in [7, 11) is -1.56. The van der Waals surface area contributed by atoms with Crippen molar-refractivity contribution in [1.82, 2.24) is 29.7 Å². The lowest BCUT2D eigenvalue weighted by Crippen LogP contribution is -2.33. The fourth-order valence-corrected chi connectivity index (χ4v) is 4.65. The minimum Gasteiger partial charge on any atom is -0.481 e. The Morgan fingerprint density at radius 3 is 2.27 bits per heavy atom. The van der Waals surface area contributed by atoms with Gasteiger partial charge < -0.3 is 9.47 Å². The molecule has 0 radical (unpaired) electrons. The molecule has 14 heteroatoms. The number of methoxy groups -OCH3 is 2. The lowest BCUT2D eigenvalue weighted by molar-refractivity contribution is 0.0949. The van der Waals surface area contributed by atoms with Crippen LogP contribution in [0.15, 0.2) is 48.8 Å². The molecular weight excluding hydrogens is 508 g/mol. The molecular formula is C23H23F2N7O4S. The van der Waals surface area contributed by atoms with E-state index in [1.807, 2.05) is 0 Å². The number of para-hydroxylation sites is 1. The van der Waals surface area contributed by atoms with Crippen LogP contribution in [0, 0.1) is 18.6 Å². The van der Waals surface area contributed by atoms with Crippen molar-refractivity contribution < 1.29 is 26.7 Å². The van der Waals surface area contributed by atoms with Crippen molar-refractivity contribution in [3.63, 3.8) is 0 Å². The number of aryl methyl sites for hydroxylation is 1. The summed E-state index contributed by atoms with van der Waals surface area (Å²) >= 11 is 0. The summed E-state index contributed by atoms with van der Waals surface area (Å²) in [6.45, 7) is 3.17. The Bertz CT molecular complexity index is 1490. The molecule has 2 atom stereocenters. The number of hydrogen-bond donors (Lipinski definition) is 1. The molecule has 0 spiro atoms. The van der Waals surface area contributed by atoms with Gasteiger partial charge in [-0.3, -0.25) is 9.29 Å². The zero-order valence-electron chi connectivity index (χ0n) is 20.3. The number of benzene rings is 1. The molecule has 3 heterocycles. The summed E-state index contributed by atoms with van der Waals surface area (Å²) in [5.74, 6) is -2.18. The topological polar surface area (TPSA) is 134 Å². The van der Waals surface area contributed by atoms with Crippen molar-refractivity contribution in [3.8, 4) is 23.1 Å². The van der Waals surface area contributed by atoms with E-state index in [9.17, 15) is 17.2 Å². The monoisotopic (exact) mass is 531 g/mol. The molecule has 194 valence electrons. The van der Waals surface area contributed by atoms with Crippen LogP contribution in [0.3, 0.4) is 0 Å². The van der Waals surface area contributed by atoms with Crippen molar-refractivity contribution in [1.29, 1.82) is 0 Å². The van der Waals surface area contributed by atoms with Gasteiger partial charge in [-0.2, -0.15) is 0 Å². The maximum atomic E-state index is 14.9. The van der Waals surface area contributed by atoms with Gasteiger partial charge in [0, 0.05) is 25.6 Å². The number of pyridine rings is 1. The van der Waals surface area contributed by atoms with E-state index in [1.54, 1.807) is 19.1 Å². The Morgan fingerprint density at radius 1 is 1.00 bits per heavy atom. The van der Waals surface area contributed by atoms with Gasteiger partial charge >= 0.3 is 0 Å². The fraction of sp³-hybridized carbons (Fsp3) is 0.261. The first-order valence-corrected chi connectivity index (χ1v) is 12.4. The molecule has 0 amide bonds. The smallest absolute Gasteiger partial charge is 0.243 e. The number of nitrogens with one attached hydrogen (secondary N) is 1. The van der Waals surface area contributed by atoms with Crippen LogP contribution >= 0.6 is 0 Å². The van der Waals surface area contributed by atoms with Crippen LogP contribution in [0.1, 0.15) is 24.4 Å². The summed E-state index contributed by atoms with van der Waals surface area (Å²) in [6.07, 6.45) is 2.01. The molecule has 0 aliphatic rings.